The third kappa shape index (κ3) is 4.81. The number of carbonyl (C=O) groups excluding carboxylic acids is 1. The molecule has 158 valence electrons. The van der Waals surface area contributed by atoms with Crippen molar-refractivity contribution in [1.82, 2.24) is 25.7 Å². The third-order valence-electron chi connectivity index (χ3n) is 4.72. The molecule has 1 aromatic carbocycles. The van der Waals surface area contributed by atoms with Gasteiger partial charge in [0.05, 0.1) is 12.9 Å². The van der Waals surface area contributed by atoms with E-state index in [9.17, 15) is 4.79 Å². The second-order valence-electron chi connectivity index (χ2n) is 7.44. The third-order valence-corrected chi connectivity index (χ3v) is 5.54. The summed E-state index contributed by atoms with van der Waals surface area (Å²) in [6, 6.07) is 6.97. The average Bonchev–Trinajstić information content (AvgIpc) is 3.30. The number of rotatable bonds is 9. The van der Waals surface area contributed by atoms with E-state index in [0.29, 0.717) is 22.9 Å². The monoisotopic (exact) mass is 429 g/mol. The van der Waals surface area contributed by atoms with Gasteiger partial charge in [0.25, 0.3) is 5.22 Å². The number of carbonyl (C=O) groups is 1. The normalized spacial score (nSPS) is 14.7. The Labute approximate surface area is 178 Å². The molecular weight excluding hydrogens is 406 g/mol. The lowest BCUT2D eigenvalue weighted by Gasteiger charge is -2.18. The number of ether oxygens (including phenoxy) is 1. The Bertz CT molecular complexity index is 997. The molecular formula is C20H23N5O4S. The fourth-order valence-corrected chi connectivity index (χ4v) is 3.43. The Morgan fingerprint density at radius 2 is 2.03 bits per heavy atom. The quantitative estimate of drug-likeness (QED) is 0.509. The molecule has 9 nitrogen and oxygen atoms in total. The molecule has 10 heteroatoms. The number of methoxy groups -OCH3 is 1. The first kappa shape index (κ1) is 20.4. The van der Waals surface area contributed by atoms with Gasteiger partial charge in [0.15, 0.2) is 5.82 Å². The fraction of sp³-hybridized carbons (Fsp3) is 0.450. The average molecular weight is 430 g/mol. The highest BCUT2D eigenvalue weighted by atomic mass is 32.2. The van der Waals surface area contributed by atoms with Crippen molar-refractivity contribution in [3.8, 4) is 17.2 Å². The molecule has 1 atom stereocenters. The van der Waals surface area contributed by atoms with Gasteiger partial charge in [-0.15, -0.1) is 10.2 Å². The number of nitrogens with zero attached hydrogens (tertiary/aromatic N) is 4. The highest BCUT2D eigenvalue weighted by Gasteiger charge is 2.31. The van der Waals surface area contributed by atoms with Crippen molar-refractivity contribution in [2.75, 3.05) is 12.9 Å². The molecule has 4 rings (SSSR count). The first-order valence-electron chi connectivity index (χ1n) is 9.77. The Balaban J connectivity index is 1.33. The molecule has 0 aliphatic heterocycles. The first-order valence-corrected chi connectivity index (χ1v) is 10.8. The van der Waals surface area contributed by atoms with Crippen LogP contribution in [-0.4, -0.2) is 39.1 Å². The molecule has 30 heavy (non-hydrogen) atoms. The van der Waals surface area contributed by atoms with Gasteiger partial charge >= 0.3 is 0 Å². The van der Waals surface area contributed by atoms with Crippen LogP contribution < -0.4 is 10.1 Å². The van der Waals surface area contributed by atoms with E-state index < -0.39 is 0 Å². The van der Waals surface area contributed by atoms with Crippen LogP contribution >= 0.6 is 11.8 Å². The van der Waals surface area contributed by atoms with Crippen LogP contribution in [0.2, 0.25) is 0 Å². The van der Waals surface area contributed by atoms with Crippen LogP contribution in [0.25, 0.3) is 11.5 Å². The predicted octanol–water partition coefficient (Wildman–Crippen LogP) is 3.61. The topological polar surface area (TPSA) is 116 Å². The molecule has 1 fully saturated rings. The SMILES string of the molecule is COc1ccc(-c2nnc(SCC(=O)NC(c3nc(C4CC4)no3)C(C)C)o2)cc1. The van der Waals surface area contributed by atoms with Gasteiger partial charge in [0, 0.05) is 11.5 Å². The Hall–Kier alpha value is -2.88. The maximum absolute atomic E-state index is 12.5. The molecule has 0 spiro atoms. The second-order valence-corrected chi connectivity index (χ2v) is 8.37. The Kier molecular flexibility index (Phi) is 6.03. The summed E-state index contributed by atoms with van der Waals surface area (Å²) >= 11 is 1.18. The largest absolute Gasteiger partial charge is 0.497 e. The minimum atomic E-state index is -0.337. The molecule has 2 aromatic heterocycles. The van der Waals surface area contributed by atoms with Gasteiger partial charge in [-0.2, -0.15) is 4.98 Å². The molecule has 1 aliphatic carbocycles. The zero-order chi connectivity index (χ0) is 21.1. The smallest absolute Gasteiger partial charge is 0.277 e. The summed E-state index contributed by atoms with van der Waals surface area (Å²) in [6.45, 7) is 4.00. The highest BCUT2D eigenvalue weighted by molar-refractivity contribution is 7.99. The number of benzene rings is 1. The number of aromatic nitrogens is 4. The molecule has 3 aromatic rings. The zero-order valence-corrected chi connectivity index (χ0v) is 17.8. The first-order chi connectivity index (χ1) is 14.5. The van der Waals surface area contributed by atoms with E-state index in [1.165, 1.54) is 11.8 Å². The van der Waals surface area contributed by atoms with E-state index in [2.05, 4.69) is 25.7 Å². The molecule has 1 unspecified atom stereocenters. The lowest BCUT2D eigenvalue weighted by atomic mass is 10.0. The lowest BCUT2D eigenvalue weighted by molar-refractivity contribution is -0.119. The van der Waals surface area contributed by atoms with Crippen LogP contribution in [0.5, 0.6) is 5.75 Å². The van der Waals surface area contributed by atoms with Gasteiger partial charge in [-0.3, -0.25) is 4.79 Å². The summed E-state index contributed by atoms with van der Waals surface area (Å²) in [5.74, 6) is 2.79. The molecule has 0 radical (unpaired) electrons. The van der Waals surface area contributed by atoms with Crippen LogP contribution in [0.1, 0.15) is 50.4 Å². The summed E-state index contributed by atoms with van der Waals surface area (Å²) in [4.78, 5) is 16.9. The van der Waals surface area contributed by atoms with E-state index in [1.54, 1.807) is 7.11 Å². The zero-order valence-electron chi connectivity index (χ0n) is 17.0. The summed E-state index contributed by atoms with van der Waals surface area (Å²) in [7, 11) is 1.61. The van der Waals surface area contributed by atoms with E-state index in [-0.39, 0.29) is 23.6 Å². The minimum absolute atomic E-state index is 0.108. The van der Waals surface area contributed by atoms with Crippen LogP contribution in [0.3, 0.4) is 0 Å². The van der Waals surface area contributed by atoms with Gasteiger partial charge in [-0.05, 0) is 43.0 Å². The van der Waals surface area contributed by atoms with Crippen molar-refractivity contribution in [2.24, 2.45) is 5.92 Å². The predicted molar refractivity (Wildman–Crippen MR) is 109 cm³/mol. The molecule has 1 N–H and O–H groups in total. The van der Waals surface area contributed by atoms with Crippen LogP contribution in [0.4, 0.5) is 0 Å². The van der Waals surface area contributed by atoms with Gasteiger partial charge in [-0.25, -0.2) is 0 Å². The van der Waals surface area contributed by atoms with Gasteiger partial charge < -0.3 is 19.0 Å². The molecule has 0 saturated heterocycles. The molecule has 0 bridgehead atoms. The number of hydrogen-bond acceptors (Lipinski definition) is 9. The Morgan fingerprint density at radius 3 is 2.70 bits per heavy atom. The van der Waals surface area contributed by atoms with Crippen molar-refractivity contribution in [1.29, 1.82) is 0 Å². The number of thioether (sulfide) groups is 1. The van der Waals surface area contributed by atoms with Gasteiger partial charge in [0.2, 0.25) is 17.7 Å². The van der Waals surface area contributed by atoms with Gasteiger partial charge in [-0.1, -0.05) is 30.8 Å². The maximum atomic E-state index is 12.5. The van der Waals surface area contributed by atoms with Crippen molar-refractivity contribution in [2.45, 2.75) is 43.9 Å². The molecule has 1 aliphatic rings. The summed E-state index contributed by atoms with van der Waals surface area (Å²) < 4.78 is 16.2. The number of amides is 1. The highest BCUT2D eigenvalue weighted by Crippen LogP contribution is 2.38. The van der Waals surface area contributed by atoms with E-state index >= 15 is 0 Å². The van der Waals surface area contributed by atoms with E-state index in [0.717, 1.165) is 30.0 Å². The summed E-state index contributed by atoms with van der Waals surface area (Å²) in [5.41, 5.74) is 0.780. The van der Waals surface area contributed by atoms with Crippen LogP contribution in [-0.2, 0) is 4.79 Å². The minimum Gasteiger partial charge on any atom is -0.497 e. The van der Waals surface area contributed by atoms with Crippen molar-refractivity contribution in [3.63, 3.8) is 0 Å². The van der Waals surface area contributed by atoms with Gasteiger partial charge in [0.1, 0.15) is 11.8 Å². The van der Waals surface area contributed by atoms with Crippen molar-refractivity contribution >= 4 is 17.7 Å². The Morgan fingerprint density at radius 1 is 1.27 bits per heavy atom. The van der Waals surface area contributed by atoms with E-state index in [4.69, 9.17) is 13.7 Å². The van der Waals surface area contributed by atoms with E-state index in [1.807, 2.05) is 38.1 Å². The van der Waals surface area contributed by atoms with Crippen LogP contribution in [0.15, 0.2) is 38.4 Å². The molecule has 1 saturated carbocycles. The van der Waals surface area contributed by atoms with Crippen molar-refractivity contribution in [3.05, 3.63) is 36.0 Å². The standard InChI is InChI=1S/C20H23N5O4S/c1-11(2)16(19-22-17(25-29-19)12-4-5-12)21-15(26)10-30-20-24-23-18(28-20)13-6-8-14(27-3)9-7-13/h6-9,11-12,16H,4-5,10H2,1-3H3,(H,21,26). The summed E-state index contributed by atoms with van der Waals surface area (Å²) in [6.07, 6.45) is 2.19. The molecule has 2 heterocycles. The second kappa shape index (κ2) is 8.86. The van der Waals surface area contributed by atoms with Crippen LogP contribution in [0, 0.1) is 5.92 Å². The van der Waals surface area contributed by atoms with Crippen molar-refractivity contribution < 1.29 is 18.5 Å². The summed E-state index contributed by atoms with van der Waals surface area (Å²) in [5, 5.41) is 15.4. The maximum Gasteiger partial charge on any atom is 0.277 e. The lowest BCUT2D eigenvalue weighted by Crippen LogP contribution is -2.33. The number of hydrogen-bond donors (Lipinski definition) is 1. The number of nitrogens with one attached hydrogen (secondary N) is 1. The molecule has 1 amide bonds. The fourth-order valence-electron chi connectivity index (χ4n) is 2.86.